The second-order valence-corrected chi connectivity index (χ2v) is 10.3. The first-order valence-corrected chi connectivity index (χ1v) is 12.2. The van der Waals surface area contributed by atoms with Crippen LogP contribution in [0, 0.1) is 6.92 Å². The second kappa shape index (κ2) is 9.50. The molecule has 3 rings (SSSR count). The van der Waals surface area contributed by atoms with Gasteiger partial charge in [-0.1, -0.05) is 29.3 Å². The summed E-state index contributed by atoms with van der Waals surface area (Å²) in [7, 11) is 1.57. The minimum Gasteiger partial charge on any atom is -0.331 e. The molecule has 0 radical (unpaired) electrons. The van der Waals surface area contributed by atoms with Crippen LogP contribution >= 0.6 is 22.1 Å². The Morgan fingerprint density at radius 1 is 1.20 bits per heavy atom. The summed E-state index contributed by atoms with van der Waals surface area (Å²) in [5, 5.41) is 9.05. The first-order valence-electron chi connectivity index (χ1n) is 10.1. The van der Waals surface area contributed by atoms with Crippen molar-refractivity contribution in [2.45, 2.75) is 38.6 Å². The molecule has 1 aromatic carbocycles. The molecule has 1 unspecified atom stereocenters. The summed E-state index contributed by atoms with van der Waals surface area (Å²) in [4.78, 5) is 29.5. The van der Waals surface area contributed by atoms with E-state index in [0.717, 1.165) is 26.7 Å². The van der Waals surface area contributed by atoms with Crippen LogP contribution in [0.15, 0.2) is 46.4 Å². The van der Waals surface area contributed by atoms with Gasteiger partial charge in [-0.25, -0.2) is 0 Å². The highest BCUT2D eigenvalue weighted by Crippen LogP contribution is 2.32. The van der Waals surface area contributed by atoms with Crippen LogP contribution in [0.25, 0.3) is 0 Å². The number of hydrogen-bond donors (Lipinski definition) is 2. The molecule has 2 aliphatic rings. The van der Waals surface area contributed by atoms with Gasteiger partial charge in [0, 0.05) is 17.8 Å². The van der Waals surface area contributed by atoms with E-state index in [1.165, 1.54) is 0 Å². The number of nitrogens with one attached hydrogen (secondary N) is 2. The minimum atomic E-state index is -0.861. The molecule has 0 spiro atoms. The number of nitrogens with zero attached hydrogens (tertiary/aromatic N) is 1. The molecule has 5 nitrogen and oxygen atoms in total. The van der Waals surface area contributed by atoms with Gasteiger partial charge >= 0.3 is 0 Å². The zero-order chi connectivity index (χ0) is 21.9. The Balaban J connectivity index is 1.82. The Hall–Kier alpha value is -1.89. The quantitative estimate of drug-likeness (QED) is 0.670. The fourth-order valence-corrected chi connectivity index (χ4v) is 6.03. The molecule has 30 heavy (non-hydrogen) atoms. The lowest BCUT2D eigenvalue weighted by atomic mass is 9.85. The van der Waals surface area contributed by atoms with Crippen molar-refractivity contribution >= 4 is 44.5 Å². The molecule has 1 saturated heterocycles. The number of piperidine rings is 1. The Morgan fingerprint density at radius 2 is 1.83 bits per heavy atom. The Labute approximate surface area is 186 Å². The number of benzene rings is 1. The van der Waals surface area contributed by atoms with Crippen molar-refractivity contribution in [1.29, 1.82) is 0 Å². The Morgan fingerprint density at radius 3 is 2.43 bits per heavy atom. The van der Waals surface area contributed by atoms with E-state index in [1.54, 1.807) is 11.9 Å². The fourth-order valence-electron chi connectivity index (χ4n) is 4.00. The van der Waals surface area contributed by atoms with Crippen molar-refractivity contribution in [3.63, 3.8) is 0 Å². The standard InChI is InChI=1S/C23H30ClN3O2S/c1-16-5-7-19(8-6-16)26-22(29)23(9-11-25-12-10-23)27(3)21(28)14-20-17(2)13-18(24)15-30(20)4/h5-8,13,15,25H,9-12,14H2,1-4H3,(H,26,29). The molecule has 0 bridgehead atoms. The third-order valence-electron chi connectivity index (χ3n) is 5.96. The number of amides is 2. The molecule has 2 heterocycles. The Kier molecular flexibility index (Phi) is 7.22. The SMILES string of the molecule is CC1=CC(Cl)=CS(C)=C1CC(=O)N(C)C1(C(=O)Nc2ccc(C)cc2)CCNCC1. The second-order valence-electron chi connectivity index (χ2n) is 8.04. The van der Waals surface area contributed by atoms with E-state index >= 15 is 0 Å². The monoisotopic (exact) mass is 447 g/mol. The van der Waals surface area contributed by atoms with Gasteiger partial charge in [-0.05, 0) is 80.1 Å². The number of hydrogen-bond acceptors (Lipinski definition) is 3. The summed E-state index contributed by atoms with van der Waals surface area (Å²) in [6.07, 6.45) is 5.45. The summed E-state index contributed by atoms with van der Waals surface area (Å²) in [6.45, 7) is 5.40. The van der Waals surface area contributed by atoms with Gasteiger partial charge in [-0.15, -0.1) is 0 Å². The average Bonchev–Trinajstić information content (AvgIpc) is 2.72. The molecule has 2 amide bonds. The van der Waals surface area contributed by atoms with Crippen LogP contribution in [0.2, 0.25) is 0 Å². The third kappa shape index (κ3) is 4.88. The lowest BCUT2D eigenvalue weighted by molar-refractivity contribution is -0.144. The minimum absolute atomic E-state index is 0.0375. The number of carbonyl (C=O) groups excluding carboxylic acids is 2. The van der Waals surface area contributed by atoms with Crippen molar-refractivity contribution in [3.05, 3.63) is 51.9 Å². The maximum absolute atomic E-state index is 13.4. The molecule has 0 aliphatic carbocycles. The van der Waals surface area contributed by atoms with Crippen LogP contribution in [0.5, 0.6) is 0 Å². The van der Waals surface area contributed by atoms with Crippen molar-refractivity contribution in [3.8, 4) is 0 Å². The van der Waals surface area contributed by atoms with Crippen LogP contribution < -0.4 is 10.6 Å². The van der Waals surface area contributed by atoms with E-state index in [1.807, 2.05) is 49.6 Å². The van der Waals surface area contributed by atoms with Gasteiger partial charge < -0.3 is 15.5 Å². The molecule has 0 aromatic heterocycles. The van der Waals surface area contributed by atoms with Gasteiger partial charge in [0.05, 0.1) is 6.42 Å². The molecular weight excluding hydrogens is 418 g/mol. The number of rotatable bonds is 5. The zero-order valence-electron chi connectivity index (χ0n) is 18.0. The molecule has 0 saturated carbocycles. The van der Waals surface area contributed by atoms with Crippen LogP contribution in [0.1, 0.15) is 31.7 Å². The summed E-state index contributed by atoms with van der Waals surface area (Å²) in [6, 6.07) is 7.73. The van der Waals surface area contributed by atoms with Crippen molar-refractivity contribution in [2.24, 2.45) is 0 Å². The zero-order valence-corrected chi connectivity index (χ0v) is 19.6. The van der Waals surface area contributed by atoms with Gasteiger partial charge in [0.1, 0.15) is 5.54 Å². The van der Waals surface area contributed by atoms with E-state index in [2.05, 4.69) is 16.9 Å². The van der Waals surface area contributed by atoms with E-state index in [4.69, 9.17) is 11.6 Å². The topological polar surface area (TPSA) is 61.4 Å². The van der Waals surface area contributed by atoms with Crippen LogP contribution in [-0.4, -0.2) is 53.5 Å². The molecule has 162 valence electrons. The van der Waals surface area contributed by atoms with Crippen molar-refractivity contribution in [2.75, 3.05) is 31.7 Å². The van der Waals surface area contributed by atoms with Crippen molar-refractivity contribution < 1.29 is 9.59 Å². The highest BCUT2D eigenvalue weighted by molar-refractivity contribution is 8.18. The summed E-state index contributed by atoms with van der Waals surface area (Å²) < 4.78 is 0. The highest BCUT2D eigenvalue weighted by Gasteiger charge is 2.45. The van der Waals surface area contributed by atoms with Crippen LogP contribution in [0.3, 0.4) is 0 Å². The third-order valence-corrected chi connectivity index (χ3v) is 8.16. The number of anilines is 1. The summed E-state index contributed by atoms with van der Waals surface area (Å²) in [5.41, 5.74) is 2.06. The van der Waals surface area contributed by atoms with Gasteiger partial charge in [0.2, 0.25) is 11.8 Å². The maximum Gasteiger partial charge on any atom is 0.250 e. The Bertz CT molecular complexity index is 926. The van der Waals surface area contributed by atoms with Gasteiger partial charge in [0.15, 0.2) is 0 Å². The van der Waals surface area contributed by atoms with Gasteiger partial charge in [-0.2, -0.15) is 10.5 Å². The normalized spacial score (nSPS) is 20.8. The lowest BCUT2D eigenvalue weighted by Gasteiger charge is -2.43. The van der Waals surface area contributed by atoms with Crippen LogP contribution in [-0.2, 0) is 9.59 Å². The molecule has 1 aromatic rings. The number of likely N-dealkylation sites (N-methyl/N-ethyl adjacent to an activating group) is 1. The fraction of sp³-hybridized carbons (Fsp3) is 0.435. The summed E-state index contributed by atoms with van der Waals surface area (Å²) >= 11 is 6.17. The largest absolute Gasteiger partial charge is 0.331 e. The van der Waals surface area contributed by atoms with E-state index < -0.39 is 5.54 Å². The molecule has 1 atom stereocenters. The van der Waals surface area contributed by atoms with E-state index in [9.17, 15) is 9.59 Å². The van der Waals surface area contributed by atoms with Gasteiger partial charge in [0.25, 0.3) is 0 Å². The molecular formula is C23H30ClN3O2S. The summed E-state index contributed by atoms with van der Waals surface area (Å²) in [5.74, 6) is -0.160. The molecule has 1 fully saturated rings. The first-order chi connectivity index (χ1) is 14.2. The maximum atomic E-state index is 13.4. The highest BCUT2D eigenvalue weighted by atomic mass is 35.5. The number of allylic oxidation sites excluding steroid dienone is 3. The number of halogens is 1. The predicted octanol–water partition coefficient (Wildman–Crippen LogP) is 4.02. The first kappa shape index (κ1) is 22.8. The number of carbonyl (C=O) groups is 2. The van der Waals surface area contributed by atoms with Gasteiger partial charge in [-0.3, -0.25) is 9.59 Å². The molecule has 2 aliphatic heterocycles. The molecule has 7 heteroatoms. The molecule has 2 N–H and O–H groups in total. The predicted molar refractivity (Wildman–Crippen MR) is 128 cm³/mol. The van der Waals surface area contributed by atoms with Crippen molar-refractivity contribution in [1.82, 2.24) is 10.2 Å². The number of aryl methyl sites for hydroxylation is 1. The smallest absolute Gasteiger partial charge is 0.250 e. The average molecular weight is 448 g/mol. The van der Waals surface area contributed by atoms with Crippen LogP contribution in [0.4, 0.5) is 5.69 Å². The van der Waals surface area contributed by atoms with E-state index in [0.29, 0.717) is 32.4 Å². The lowest BCUT2D eigenvalue weighted by Crippen LogP contribution is -2.61. The van der Waals surface area contributed by atoms with E-state index in [-0.39, 0.29) is 22.3 Å².